The lowest BCUT2D eigenvalue weighted by atomic mass is 10.1. The van der Waals surface area contributed by atoms with Gasteiger partial charge in [0.1, 0.15) is 0 Å². The van der Waals surface area contributed by atoms with E-state index < -0.39 is 0 Å². The number of hydrogen-bond donors (Lipinski definition) is 1. The molecule has 2 heteroatoms. The summed E-state index contributed by atoms with van der Waals surface area (Å²) in [5, 5.41) is 3.48. The highest BCUT2D eigenvalue weighted by Crippen LogP contribution is 2.25. The lowest BCUT2D eigenvalue weighted by Gasteiger charge is -2.21. The standard InChI is InChI=1S/C15H32N2/c1-4-16-14(2)9-7-8-12-17(3)13-15-10-5-6-11-15/h14-16H,4-13H2,1-3H3. The van der Waals surface area contributed by atoms with Crippen molar-refractivity contribution in [1.82, 2.24) is 10.2 Å². The van der Waals surface area contributed by atoms with Gasteiger partial charge in [-0.25, -0.2) is 0 Å². The molecule has 1 fully saturated rings. The van der Waals surface area contributed by atoms with E-state index in [4.69, 9.17) is 0 Å². The number of hydrogen-bond acceptors (Lipinski definition) is 2. The molecule has 1 aliphatic rings. The molecule has 0 amide bonds. The lowest BCUT2D eigenvalue weighted by molar-refractivity contribution is 0.271. The molecule has 0 saturated heterocycles. The van der Waals surface area contributed by atoms with E-state index in [1.54, 1.807) is 0 Å². The Morgan fingerprint density at radius 1 is 1.24 bits per heavy atom. The average molecular weight is 240 g/mol. The van der Waals surface area contributed by atoms with E-state index in [1.165, 1.54) is 58.0 Å². The van der Waals surface area contributed by atoms with Gasteiger partial charge in [-0.3, -0.25) is 0 Å². The quantitative estimate of drug-likeness (QED) is 0.622. The van der Waals surface area contributed by atoms with Gasteiger partial charge >= 0.3 is 0 Å². The zero-order chi connectivity index (χ0) is 12.5. The van der Waals surface area contributed by atoms with E-state index in [0.717, 1.165) is 12.5 Å². The minimum Gasteiger partial charge on any atom is -0.315 e. The minimum absolute atomic E-state index is 0.695. The topological polar surface area (TPSA) is 15.3 Å². The molecular weight excluding hydrogens is 208 g/mol. The number of unbranched alkanes of at least 4 members (excludes halogenated alkanes) is 1. The van der Waals surface area contributed by atoms with Crippen molar-refractivity contribution in [3.63, 3.8) is 0 Å². The van der Waals surface area contributed by atoms with Crippen LogP contribution in [0.1, 0.15) is 58.8 Å². The summed E-state index contributed by atoms with van der Waals surface area (Å²) in [4.78, 5) is 2.55. The van der Waals surface area contributed by atoms with Crippen molar-refractivity contribution in [3.05, 3.63) is 0 Å². The van der Waals surface area contributed by atoms with Crippen LogP contribution < -0.4 is 5.32 Å². The average Bonchev–Trinajstić information content (AvgIpc) is 2.77. The Bertz CT molecular complexity index is 176. The predicted molar refractivity (Wildman–Crippen MR) is 76.4 cm³/mol. The van der Waals surface area contributed by atoms with E-state index in [9.17, 15) is 0 Å². The molecule has 1 rings (SSSR count). The Labute approximate surface area is 108 Å². The van der Waals surface area contributed by atoms with Crippen LogP contribution in [0.25, 0.3) is 0 Å². The predicted octanol–water partition coefficient (Wildman–Crippen LogP) is 3.28. The second-order valence-electron chi connectivity index (χ2n) is 5.87. The highest BCUT2D eigenvalue weighted by Gasteiger charge is 2.16. The van der Waals surface area contributed by atoms with E-state index >= 15 is 0 Å². The van der Waals surface area contributed by atoms with Gasteiger partial charge in [-0.15, -0.1) is 0 Å². The molecular formula is C15H32N2. The zero-order valence-corrected chi connectivity index (χ0v) is 12.2. The van der Waals surface area contributed by atoms with Crippen LogP contribution in [0.5, 0.6) is 0 Å². The molecule has 2 nitrogen and oxygen atoms in total. The Hall–Kier alpha value is -0.0800. The molecule has 0 bridgehead atoms. The Balaban J connectivity index is 1.94. The molecule has 1 unspecified atom stereocenters. The van der Waals surface area contributed by atoms with Crippen LogP contribution in [0.15, 0.2) is 0 Å². The lowest BCUT2D eigenvalue weighted by Crippen LogP contribution is -2.27. The first kappa shape index (κ1) is 15.0. The monoisotopic (exact) mass is 240 g/mol. The first-order chi connectivity index (χ1) is 8.22. The molecule has 0 heterocycles. The van der Waals surface area contributed by atoms with Crippen molar-refractivity contribution in [1.29, 1.82) is 0 Å². The van der Waals surface area contributed by atoms with Crippen LogP contribution >= 0.6 is 0 Å². The smallest absolute Gasteiger partial charge is 0.00386 e. The zero-order valence-electron chi connectivity index (χ0n) is 12.2. The fourth-order valence-corrected chi connectivity index (χ4v) is 3.01. The summed E-state index contributed by atoms with van der Waals surface area (Å²) in [5.41, 5.74) is 0. The maximum atomic E-state index is 3.48. The third kappa shape index (κ3) is 7.05. The van der Waals surface area contributed by atoms with Gasteiger partial charge in [0.25, 0.3) is 0 Å². The van der Waals surface area contributed by atoms with E-state index in [2.05, 4.69) is 31.1 Å². The summed E-state index contributed by atoms with van der Waals surface area (Å²) < 4.78 is 0. The molecule has 0 radical (unpaired) electrons. The second kappa shape index (κ2) is 8.93. The van der Waals surface area contributed by atoms with Crippen molar-refractivity contribution >= 4 is 0 Å². The van der Waals surface area contributed by atoms with Gasteiger partial charge in [0.05, 0.1) is 0 Å². The molecule has 1 N–H and O–H groups in total. The van der Waals surface area contributed by atoms with E-state index in [0.29, 0.717) is 6.04 Å². The second-order valence-corrected chi connectivity index (χ2v) is 5.87. The van der Waals surface area contributed by atoms with Crippen molar-refractivity contribution in [3.8, 4) is 0 Å². The van der Waals surface area contributed by atoms with Crippen molar-refractivity contribution in [2.75, 3.05) is 26.7 Å². The van der Waals surface area contributed by atoms with E-state index in [1.807, 2.05) is 0 Å². The summed E-state index contributed by atoms with van der Waals surface area (Å²) in [6, 6.07) is 0.695. The van der Waals surface area contributed by atoms with Gasteiger partial charge in [-0.2, -0.15) is 0 Å². The van der Waals surface area contributed by atoms with Crippen LogP contribution in [0.4, 0.5) is 0 Å². The molecule has 1 aliphatic carbocycles. The summed E-state index contributed by atoms with van der Waals surface area (Å²) in [6.07, 6.45) is 9.94. The molecule has 0 aliphatic heterocycles. The summed E-state index contributed by atoms with van der Waals surface area (Å²) in [7, 11) is 2.30. The van der Waals surface area contributed by atoms with Gasteiger partial charge in [-0.1, -0.05) is 26.2 Å². The maximum Gasteiger partial charge on any atom is 0.00386 e. The summed E-state index contributed by atoms with van der Waals surface area (Å²) in [5.74, 6) is 1.00. The fraction of sp³-hybridized carbons (Fsp3) is 1.00. The number of rotatable bonds is 9. The fourth-order valence-electron chi connectivity index (χ4n) is 3.01. The van der Waals surface area contributed by atoms with Gasteiger partial charge in [0, 0.05) is 12.6 Å². The van der Waals surface area contributed by atoms with Crippen LogP contribution in [-0.2, 0) is 0 Å². The Kier molecular flexibility index (Phi) is 7.87. The number of nitrogens with zero attached hydrogens (tertiary/aromatic N) is 1. The van der Waals surface area contributed by atoms with Gasteiger partial charge < -0.3 is 10.2 Å². The Morgan fingerprint density at radius 2 is 1.94 bits per heavy atom. The van der Waals surface area contributed by atoms with Crippen LogP contribution in [0.2, 0.25) is 0 Å². The van der Waals surface area contributed by atoms with E-state index in [-0.39, 0.29) is 0 Å². The minimum atomic E-state index is 0.695. The largest absolute Gasteiger partial charge is 0.315 e. The molecule has 102 valence electrons. The highest BCUT2D eigenvalue weighted by atomic mass is 15.1. The maximum absolute atomic E-state index is 3.48. The van der Waals surface area contributed by atoms with Gasteiger partial charge in [0.15, 0.2) is 0 Å². The first-order valence-corrected chi connectivity index (χ1v) is 7.64. The van der Waals surface area contributed by atoms with Crippen molar-refractivity contribution in [2.45, 2.75) is 64.8 Å². The van der Waals surface area contributed by atoms with Crippen LogP contribution in [0.3, 0.4) is 0 Å². The van der Waals surface area contributed by atoms with Crippen molar-refractivity contribution in [2.24, 2.45) is 5.92 Å². The molecule has 0 aromatic carbocycles. The molecule has 1 atom stereocenters. The number of nitrogens with one attached hydrogen (secondary N) is 1. The highest BCUT2D eigenvalue weighted by molar-refractivity contribution is 4.70. The third-order valence-electron chi connectivity index (χ3n) is 4.02. The molecule has 0 aromatic rings. The summed E-state index contributed by atoms with van der Waals surface area (Å²) in [6.45, 7) is 8.21. The van der Waals surface area contributed by atoms with Crippen LogP contribution in [-0.4, -0.2) is 37.6 Å². The normalized spacial score (nSPS) is 19.1. The van der Waals surface area contributed by atoms with Gasteiger partial charge in [-0.05, 0) is 58.7 Å². The SMILES string of the molecule is CCNC(C)CCCCN(C)CC1CCCC1. The molecule has 17 heavy (non-hydrogen) atoms. The third-order valence-corrected chi connectivity index (χ3v) is 4.02. The summed E-state index contributed by atoms with van der Waals surface area (Å²) >= 11 is 0. The molecule has 0 spiro atoms. The van der Waals surface area contributed by atoms with Crippen molar-refractivity contribution < 1.29 is 0 Å². The Morgan fingerprint density at radius 3 is 2.59 bits per heavy atom. The van der Waals surface area contributed by atoms with Gasteiger partial charge in [0.2, 0.25) is 0 Å². The van der Waals surface area contributed by atoms with Crippen LogP contribution in [0, 0.1) is 5.92 Å². The molecule has 1 saturated carbocycles. The first-order valence-electron chi connectivity index (χ1n) is 7.64. The molecule has 0 aromatic heterocycles.